The maximum Gasteiger partial charge on any atom is 0.0549 e. The normalized spacial score (nSPS) is 12.5. The van der Waals surface area contributed by atoms with Gasteiger partial charge in [-0.3, -0.25) is 4.98 Å². The zero-order chi connectivity index (χ0) is 12.7. The fourth-order valence-corrected chi connectivity index (χ4v) is 1.76. The van der Waals surface area contributed by atoms with Gasteiger partial charge in [0.2, 0.25) is 0 Å². The summed E-state index contributed by atoms with van der Waals surface area (Å²) < 4.78 is 0. The van der Waals surface area contributed by atoms with Gasteiger partial charge in [0.15, 0.2) is 0 Å². The number of rotatable bonds is 7. The summed E-state index contributed by atoms with van der Waals surface area (Å²) in [6.45, 7) is 9.77. The lowest BCUT2D eigenvalue weighted by molar-refractivity contribution is 0.527. The monoisotopic (exact) mass is 235 g/mol. The van der Waals surface area contributed by atoms with E-state index in [1.807, 2.05) is 12.4 Å². The first-order valence-corrected chi connectivity index (χ1v) is 6.57. The van der Waals surface area contributed by atoms with Crippen molar-refractivity contribution >= 4 is 11.4 Å². The van der Waals surface area contributed by atoms with Crippen LogP contribution in [0.25, 0.3) is 0 Å². The SMILES string of the molecule is CCNc1cncc(NC(C)CCC(C)C)c1. The Kier molecular flexibility index (Phi) is 5.81. The molecule has 0 radical (unpaired) electrons. The van der Waals surface area contributed by atoms with Crippen LogP contribution in [0.3, 0.4) is 0 Å². The van der Waals surface area contributed by atoms with Crippen molar-refractivity contribution in [3.05, 3.63) is 18.5 Å². The molecule has 0 saturated heterocycles. The van der Waals surface area contributed by atoms with Crippen LogP contribution in [-0.2, 0) is 0 Å². The molecule has 0 aromatic carbocycles. The highest BCUT2D eigenvalue weighted by Crippen LogP contribution is 2.16. The first-order valence-electron chi connectivity index (χ1n) is 6.57. The van der Waals surface area contributed by atoms with Crippen molar-refractivity contribution in [1.82, 2.24) is 4.98 Å². The molecule has 0 fully saturated rings. The summed E-state index contributed by atoms with van der Waals surface area (Å²) in [7, 11) is 0. The zero-order valence-electron chi connectivity index (χ0n) is 11.5. The highest BCUT2D eigenvalue weighted by atomic mass is 14.9. The first-order chi connectivity index (χ1) is 8.11. The summed E-state index contributed by atoms with van der Waals surface area (Å²) in [5.74, 6) is 0.769. The van der Waals surface area contributed by atoms with E-state index in [4.69, 9.17) is 0 Å². The molecule has 1 atom stereocenters. The lowest BCUT2D eigenvalue weighted by Crippen LogP contribution is -2.16. The summed E-state index contributed by atoms with van der Waals surface area (Å²) in [6, 6.07) is 2.61. The zero-order valence-corrected chi connectivity index (χ0v) is 11.5. The van der Waals surface area contributed by atoms with Crippen molar-refractivity contribution < 1.29 is 0 Å². The number of anilines is 2. The van der Waals surface area contributed by atoms with Crippen LogP contribution in [0, 0.1) is 5.92 Å². The largest absolute Gasteiger partial charge is 0.384 e. The lowest BCUT2D eigenvalue weighted by Gasteiger charge is -2.16. The third-order valence-corrected chi connectivity index (χ3v) is 2.71. The van der Waals surface area contributed by atoms with Gasteiger partial charge in [0.1, 0.15) is 0 Å². The van der Waals surface area contributed by atoms with E-state index < -0.39 is 0 Å². The molecule has 17 heavy (non-hydrogen) atoms. The molecular weight excluding hydrogens is 210 g/mol. The van der Waals surface area contributed by atoms with E-state index in [1.54, 1.807) is 0 Å². The van der Waals surface area contributed by atoms with E-state index >= 15 is 0 Å². The molecule has 1 unspecified atom stereocenters. The van der Waals surface area contributed by atoms with Crippen molar-refractivity contribution in [1.29, 1.82) is 0 Å². The summed E-state index contributed by atoms with van der Waals surface area (Å²) >= 11 is 0. The Morgan fingerprint density at radius 3 is 2.47 bits per heavy atom. The van der Waals surface area contributed by atoms with Crippen LogP contribution in [-0.4, -0.2) is 17.6 Å². The van der Waals surface area contributed by atoms with E-state index in [0.717, 1.165) is 23.8 Å². The standard InChI is InChI=1S/C14H25N3/c1-5-16-13-8-14(10-15-9-13)17-12(4)7-6-11(2)3/h8-12,16-17H,5-7H2,1-4H3. The number of pyridine rings is 1. The minimum atomic E-state index is 0.496. The average Bonchev–Trinajstić information content (AvgIpc) is 2.27. The van der Waals surface area contributed by atoms with Gasteiger partial charge in [-0.2, -0.15) is 0 Å². The molecule has 2 N–H and O–H groups in total. The number of aromatic nitrogens is 1. The number of hydrogen-bond acceptors (Lipinski definition) is 3. The molecule has 3 nitrogen and oxygen atoms in total. The third kappa shape index (κ3) is 5.57. The second kappa shape index (κ2) is 7.15. The number of nitrogens with one attached hydrogen (secondary N) is 2. The molecule has 0 aliphatic rings. The summed E-state index contributed by atoms with van der Waals surface area (Å²) in [4.78, 5) is 4.23. The Morgan fingerprint density at radius 2 is 1.82 bits per heavy atom. The van der Waals surface area contributed by atoms with Crippen LogP contribution in [0.2, 0.25) is 0 Å². The number of nitrogens with zero attached hydrogens (tertiary/aromatic N) is 1. The second-order valence-corrected chi connectivity index (χ2v) is 5.01. The quantitative estimate of drug-likeness (QED) is 0.755. The van der Waals surface area contributed by atoms with Crippen LogP contribution in [0.5, 0.6) is 0 Å². The molecule has 0 amide bonds. The highest BCUT2D eigenvalue weighted by molar-refractivity contribution is 5.54. The predicted molar refractivity (Wildman–Crippen MR) is 75.6 cm³/mol. The fraction of sp³-hybridized carbons (Fsp3) is 0.643. The van der Waals surface area contributed by atoms with Gasteiger partial charge in [0.05, 0.1) is 23.8 Å². The van der Waals surface area contributed by atoms with Gasteiger partial charge in [0, 0.05) is 12.6 Å². The van der Waals surface area contributed by atoms with Gasteiger partial charge in [-0.15, -0.1) is 0 Å². The molecule has 1 heterocycles. The smallest absolute Gasteiger partial charge is 0.0549 e. The molecule has 0 spiro atoms. The summed E-state index contributed by atoms with van der Waals surface area (Å²) in [5.41, 5.74) is 2.17. The molecule has 1 rings (SSSR count). The lowest BCUT2D eigenvalue weighted by atomic mass is 10.0. The molecule has 0 aliphatic heterocycles. The van der Waals surface area contributed by atoms with Crippen molar-refractivity contribution in [2.24, 2.45) is 5.92 Å². The van der Waals surface area contributed by atoms with Gasteiger partial charge in [-0.25, -0.2) is 0 Å². The summed E-state index contributed by atoms with van der Waals surface area (Å²) in [6.07, 6.45) is 6.19. The summed E-state index contributed by atoms with van der Waals surface area (Å²) in [5, 5.41) is 6.76. The van der Waals surface area contributed by atoms with Gasteiger partial charge < -0.3 is 10.6 Å². The Morgan fingerprint density at radius 1 is 1.12 bits per heavy atom. The van der Waals surface area contributed by atoms with Crippen LogP contribution < -0.4 is 10.6 Å². The van der Waals surface area contributed by atoms with Crippen LogP contribution >= 0.6 is 0 Å². The molecular formula is C14H25N3. The molecule has 0 saturated carbocycles. The molecule has 96 valence electrons. The second-order valence-electron chi connectivity index (χ2n) is 5.01. The van der Waals surface area contributed by atoms with Gasteiger partial charge in [-0.05, 0) is 38.7 Å². The van der Waals surface area contributed by atoms with Crippen molar-refractivity contribution in [3.8, 4) is 0 Å². The van der Waals surface area contributed by atoms with E-state index in [9.17, 15) is 0 Å². The molecule has 0 bridgehead atoms. The van der Waals surface area contributed by atoms with Gasteiger partial charge in [0.25, 0.3) is 0 Å². The molecule has 3 heteroatoms. The molecule has 1 aromatic rings. The first kappa shape index (κ1) is 13.8. The van der Waals surface area contributed by atoms with E-state index in [0.29, 0.717) is 6.04 Å². The maximum atomic E-state index is 4.23. The highest BCUT2D eigenvalue weighted by Gasteiger charge is 2.04. The van der Waals surface area contributed by atoms with Crippen LogP contribution in [0.1, 0.15) is 40.5 Å². The number of hydrogen-bond donors (Lipinski definition) is 2. The van der Waals surface area contributed by atoms with Gasteiger partial charge in [-0.1, -0.05) is 13.8 Å². The van der Waals surface area contributed by atoms with E-state index in [1.165, 1.54) is 12.8 Å². The Labute approximate surface area is 105 Å². The average molecular weight is 235 g/mol. The molecule has 1 aromatic heterocycles. The minimum Gasteiger partial charge on any atom is -0.384 e. The van der Waals surface area contributed by atoms with Crippen molar-refractivity contribution in [2.45, 2.75) is 46.6 Å². The fourth-order valence-electron chi connectivity index (χ4n) is 1.76. The Hall–Kier alpha value is -1.25. The Balaban J connectivity index is 2.46. The van der Waals surface area contributed by atoms with Crippen LogP contribution in [0.4, 0.5) is 11.4 Å². The van der Waals surface area contributed by atoms with Crippen molar-refractivity contribution in [3.63, 3.8) is 0 Å². The topological polar surface area (TPSA) is 37.0 Å². The van der Waals surface area contributed by atoms with E-state index in [-0.39, 0.29) is 0 Å². The van der Waals surface area contributed by atoms with Gasteiger partial charge >= 0.3 is 0 Å². The Bertz CT molecular complexity index is 323. The third-order valence-electron chi connectivity index (χ3n) is 2.71. The van der Waals surface area contributed by atoms with E-state index in [2.05, 4.69) is 49.4 Å². The minimum absolute atomic E-state index is 0.496. The van der Waals surface area contributed by atoms with Crippen molar-refractivity contribution in [2.75, 3.05) is 17.2 Å². The predicted octanol–water partition coefficient (Wildman–Crippen LogP) is 3.75. The molecule has 0 aliphatic carbocycles. The van der Waals surface area contributed by atoms with Crippen LogP contribution in [0.15, 0.2) is 18.5 Å². The maximum absolute atomic E-state index is 4.23.